The molecule has 0 atom stereocenters. The molecule has 2 aromatic rings. The molecule has 0 spiro atoms. The van der Waals surface area contributed by atoms with Crippen molar-refractivity contribution in [3.8, 4) is 11.3 Å². The van der Waals surface area contributed by atoms with Gasteiger partial charge in [-0.15, -0.1) is 0 Å². The van der Waals surface area contributed by atoms with Gasteiger partial charge in [0, 0.05) is 17.0 Å². The van der Waals surface area contributed by atoms with Crippen LogP contribution in [0, 0.1) is 0 Å². The topological polar surface area (TPSA) is 71.8 Å². The van der Waals surface area contributed by atoms with E-state index in [4.69, 9.17) is 5.73 Å². The summed E-state index contributed by atoms with van der Waals surface area (Å²) in [6, 6.07) is 3.32. The van der Waals surface area contributed by atoms with Crippen molar-refractivity contribution < 1.29 is 0 Å². The first-order valence-corrected chi connectivity index (χ1v) is 4.59. The molecule has 0 aliphatic carbocycles. The number of nitrogen functional groups attached to an aromatic ring is 1. The Morgan fingerprint density at radius 1 is 1.54 bits per heavy atom. The second-order valence-corrected chi connectivity index (χ2v) is 3.31. The van der Waals surface area contributed by atoms with Crippen LogP contribution in [0.4, 0.5) is 5.95 Å². The number of nitrogens with two attached hydrogens (primary N) is 1. The van der Waals surface area contributed by atoms with Gasteiger partial charge in [0.05, 0.1) is 5.69 Å². The molecule has 0 radical (unpaired) electrons. The average Bonchev–Trinajstić information content (AvgIpc) is 2.53. The molecule has 2 rings (SSSR count). The zero-order valence-electron chi connectivity index (χ0n) is 6.65. The van der Waals surface area contributed by atoms with Crippen LogP contribution in [0.3, 0.4) is 0 Å². The summed E-state index contributed by atoms with van der Waals surface area (Å²) in [5.74, 6) is 0.147. The van der Waals surface area contributed by atoms with Crippen molar-refractivity contribution in [1.29, 1.82) is 0 Å². The fraction of sp³-hybridized carbons (Fsp3) is 0. The van der Waals surface area contributed by atoms with Crippen molar-refractivity contribution >= 4 is 17.3 Å². The lowest BCUT2D eigenvalue weighted by atomic mass is 10.2. The molecule has 0 saturated heterocycles. The van der Waals surface area contributed by atoms with Crippen LogP contribution < -0.4 is 11.3 Å². The van der Waals surface area contributed by atoms with Gasteiger partial charge >= 0.3 is 0 Å². The number of aromatic nitrogens is 2. The van der Waals surface area contributed by atoms with E-state index >= 15 is 0 Å². The number of thiophene rings is 1. The normalized spacial score (nSPS) is 10.2. The van der Waals surface area contributed by atoms with E-state index in [2.05, 4.69) is 9.97 Å². The van der Waals surface area contributed by atoms with Crippen molar-refractivity contribution in [3.63, 3.8) is 0 Å². The van der Waals surface area contributed by atoms with Gasteiger partial charge in [-0.05, 0) is 11.4 Å². The number of nitrogens with one attached hydrogen (secondary N) is 1. The Hall–Kier alpha value is -1.62. The van der Waals surface area contributed by atoms with Crippen molar-refractivity contribution in [2.45, 2.75) is 0 Å². The Morgan fingerprint density at radius 2 is 2.38 bits per heavy atom. The number of H-pyrrole nitrogens is 1. The first-order valence-electron chi connectivity index (χ1n) is 3.65. The van der Waals surface area contributed by atoms with Crippen LogP contribution >= 0.6 is 11.3 Å². The van der Waals surface area contributed by atoms with Crippen LogP contribution in [0.2, 0.25) is 0 Å². The van der Waals surface area contributed by atoms with Gasteiger partial charge in [0.15, 0.2) is 0 Å². The minimum atomic E-state index is -0.228. The summed E-state index contributed by atoms with van der Waals surface area (Å²) < 4.78 is 0. The van der Waals surface area contributed by atoms with E-state index in [0.717, 1.165) is 5.56 Å². The molecule has 0 amide bonds. The highest BCUT2D eigenvalue weighted by molar-refractivity contribution is 7.08. The third-order valence-corrected chi connectivity index (χ3v) is 2.26. The summed E-state index contributed by atoms with van der Waals surface area (Å²) >= 11 is 1.55. The van der Waals surface area contributed by atoms with Crippen LogP contribution in [0.5, 0.6) is 0 Å². The molecular weight excluding hydrogens is 186 g/mol. The number of aromatic amines is 1. The van der Waals surface area contributed by atoms with Crippen LogP contribution in [0.1, 0.15) is 0 Å². The lowest BCUT2D eigenvalue weighted by Gasteiger charge is -1.96. The second kappa shape index (κ2) is 3.02. The van der Waals surface area contributed by atoms with Crippen LogP contribution in [0.25, 0.3) is 11.3 Å². The minimum Gasteiger partial charge on any atom is -0.369 e. The summed E-state index contributed by atoms with van der Waals surface area (Å²) in [6.07, 6.45) is 0. The summed E-state index contributed by atoms with van der Waals surface area (Å²) in [5, 5.41) is 3.84. The molecule has 0 unspecified atom stereocenters. The number of rotatable bonds is 1. The average molecular weight is 193 g/mol. The van der Waals surface area contributed by atoms with E-state index in [9.17, 15) is 4.79 Å². The molecule has 0 fully saturated rings. The van der Waals surface area contributed by atoms with Crippen LogP contribution in [0.15, 0.2) is 27.7 Å². The molecule has 2 heterocycles. The van der Waals surface area contributed by atoms with E-state index in [1.54, 1.807) is 11.3 Å². The van der Waals surface area contributed by atoms with Crippen LogP contribution in [-0.2, 0) is 0 Å². The number of nitrogens with zero attached hydrogens (tertiary/aromatic N) is 1. The molecular formula is C8H7N3OS. The monoisotopic (exact) mass is 193 g/mol. The molecule has 0 bridgehead atoms. The van der Waals surface area contributed by atoms with E-state index in [1.165, 1.54) is 6.07 Å². The summed E-state index contributed by atoms with van der Waals surface area (Å²) in [4.78, 5) is 17.4. The van der Waals surface area contributed by atoms with Crippen molar-refractivity contribution in [3.05, 3.63) is 33.2 Å². The Bertz CT molecular complexity index is 460. The molecule has 0 aromatic carbocycles. The maximum Gasteiger partial charge on any atom is 0.252 e. The third kappa shape index (κ3) is 1.59. The Labute approximate surface area is 78.1 Å². The molecule has 0 aliphatic rings. The highest BCUT2D eigenvalue weighted by Gasteiger charge is 2.01. The number of hydrogen-bond acceptors (Lipinski definition) is 4. The molecule has 0 aliphatic heterocycles. The van der Waals surface area contributed by atoms with Gasteiger partial charge in [-0.1, -0.05) is 0 Å². The fourth-order valence-corrected chi connectivity index (χ4v) is 1.68. The van der Waals surface area contributed by atoms with Crippen LogP contribution in [-0.4, -0.2) is 9.97 Å². The molecule has 4 nitrogen and oxygen atoms in total. The molecule has 13 heavy (non-hydrogen) atoms. The first-order chi connectivity index (χ1) is 6.25. The van der Waals surface area contributed by atoms with Gasteiger partial charge in [-0.2, -0.15) is 11.3 Å². The molecule has 2 aromatic heterocycles. The van der Waals surface area contributed by atoms with Crippen molar-refractivity contribution in [1.82, 2.24) is 9.97 Å². The second-order valence-electron chi connectivity index (χ2n) is 2.53. The quantitative estimate of drug-likeness (QED) is 0.711. The fourth-order valence-electron chi connectivity index (χ4n) is 1.03. The molecule has 5 heteroatoms. The summed E-state index contributed by atoms with van der Waals surface area (Å²) in [5.41, 5.74) is 6.71. The SMILES string of the molecule is Nc1nc(-c2ccsc2)cc(=O)[nH]1. The maximum absolute atomic E-state index is 11.0. The molecule has 0 saturated carbocycles. The Morgan fingerprint density at radius 3 is 3.00 bits per heavy atom. The standard InChI is InChI=1S/C8H7N3OS/c9-8-10-6(3-7(12)11-8)5-1-2-13-4-5/h1-4H,(H3,9,10,11,12). The van der Waals surface area contributed by atoms with Gasteiger partial charge in [-0.3, -0.25) is 9.78 Å². The maximum atomic E-state index is 11.0. The van der Waals surface area contributed by atoms with Gasteiger partial charge < -0.3 is 5.73 Å². The number of hydrogen-bond donors (Lipinski definition) is 2. The lowest BCUT2D eigenvalue weighted by molar-refractivity contribution is 1.14. The Kier molecular flexibility index (Phi) is 1.86. The zero-order chi connectivity index (χ0) is 9.26. The highest BCUT2D eigenvalue weighted by atomic mass is 32.1. The highest BCUT2D eigenvalue weighted by Crippen LogP contribution is 2.18. The van der Waals surface area contributed by atoms with E-state index in [0.29, 0.717) is 5.69 Å². The van der Waals surface area contributed by atoms with Crippen molar-refractivity contribution in [2.24, 2.45) is 0 Å². The Balaban J connectivity index is 2.59. The van der Waals surface area contributed by atoms with E-state index in [1.807, 2.05) is 16.8 Å². The first kappa shape index (κ1) is 8.00. The lowest BCUT2D eigenvalue weighted by Crippen LogP contribution is -2.09. The van der Waals surface area contributed by atoms with Crippen molar-refractivity contribution in [2.75, 3.05) is 5.73 Å². The smallest absolute Gasteiger partial charge is 0.252 e. The third-order valence-electron chi connectivity index (χ3n) is 1.58. The van der Waals surface area contributed by atoms with E-state index < -0.39 is 0 Å². The van der Waals surface area contributed by atoms with Gasteiger partial charge in [0.25, 0.3) is 5.56 Å². The zero-order valence-corrected chi connectivity index (χ0v) is 7.47. The number of anilines is 1. The summed E-state index contributed by atoms with van der Waals surface area (Å²) in [7, 11) is 0. The van der Waals surface area contributed by atoms with Gasteiger partial charge in [0.1, 0.15) is 0 Å². The van der Waals surface area contributed by atoms with E-state index in [-0.39, 0.29) is 11.5 Å². The molecule has 3 N–H and O–H groups in total. The molecule has 66 valence electrons. The largest absolute Gasteiger partial charge is 0.369 e. The predicted molar refractivity (Wildman–Crippen MR) is 52.6 cm³/mol. The van der Waals surface area contributed by atoms with Gasteiger partial charge in [0.2, 0.25) is 5.95 Å². The minimum absolute atomic E-state index is 0.147. The predicted octanol–water partition coefficient (Wildman–Crippen LogP) is 1.08. The van der Waals surface area contributed by atoms with Gasteiger partial charge in [-0.25, -0.2) is 4.98 Å². The summed E-state index contributed by atoms with van der Waals surface area (Å²) in [6.45, 7) is 0.